The minimum absolute atomic E-state index is 0.132. The van der Waals surface area contributed by atoms with Crippen LogP contribution in [0.3, 0.4) is 0 Å². The molecule has 178 valence electrons. The fraction of sp³-hybridized carbons (Fsp3) is 0.714. The minimum Gasteiger partial charge on any atom is -0.453 e. The molecule has 2 atom stereocenters. The number of nitrogens with one attached hydrogen (secondary N) is 3. The van der Waals surface area contributed by atoms with Crippen molar-refractivity contribution in [1.29, 1.82) is 0 Å². The lowest BCUT2D eigenvalue weighted by Gasteiger charge is -2.47. The van der Waals surface area contributed by atoms with Crippen LogP contribution in [-0.2, 0) is 21.4 Å². The summed E-state index contributed by atoms with van der Waals surface area (Å²) in [6.45, 7) is 2.06. The predicted molar refractivity (Wildman–Crippen MR) is 113 cm³/mol. The van der Waals surface area contributed by atoms with Crippen LogP contribution in [0.1, 0.15) is 51.9 Å². The van der Waals surface area contributed by atoms with Crippen molar-refractivity contribution in [2.45, 2.75) is 75.7 Å². The van der Waals surface area contributed by atoms with Gasteiger partial charge in [-0.1, -0.05) is 19.8 Å². The maximum atomic E-state index is 13.9. The molecule has 11 heteroatoms. The minimum atomic E-state index is -1.69. The zero-order valence-corrected chi connectivity index (χ0v) is 18.7. The van der Waals surface area contributed by atoms with Gasteiger partial charge in [-0.05, 0) is 24.7 Å². The largest absolute Gasteiger partial charge is 0.453 e. The lowest BCUT2D eigenvalue weighted by molar-refractivity contribution is -0.140. The first-order valence-electron chi connectivity index (χ1n) is 10.8. The summed E-state index contributed by atoms with van der Waals surface area (Å²) >= 11 is 0. The van der Waals surface area contributed by atoms with Gasteiger partial charge in [-0.25, -0.2) is 9.18 Å². The molecule has 2 fully saturated rings. The number of aryl methyl sites for hydroxylation is 1. The molecule has 2 saturated carbocycles. The number of alkyl carbamates (subject to hydrolysis) is 1. The molecule has 10 nitrogen and oxygen atoms in total. The van der Waals surface area contributed by atoms with Gasteiger partial charge in [-0.3, -0.25) is 14.3 Å². The zero-order valence-electron chi connectivity index (χ0n) is 18.7. The van der Waals surface area contributed by atoms with E-state index in [-0.39, 0.29) is 24.1 Å². The maximum absolute atomic E-state index is 13.9. The Kier molecular flexibility index (Phi) is 7.06. The molecule has 0 saturated heterocycles. The van der Waals surface area contributed by atoms with E-state index in [0.717, 1.165) is 25.7 Å². The van der Waals surface area contributed by atoms with Gasteiger partial charge in [-0.15, -0.1) is 0 Å². The topological polar surface area (TPSA) is 135 Å². The standard InChI is InChI=1S/C21H32FN5O5/c1-20(7-4-5-8-20)12-14(23-19(31)32-3)17(29)25-21(10-13(22)11-21)16(28)18(30)24-15-6-9-27(2)26-15/h6,9,13-14,16,28H,4-5,7-8,10-12H2,1-3H3,(H,23,31)(H,25,29)(H,24,26,30)/t13?,14-,16?,21?/m0/s1. The first-order chi connectivity index (χ1) is 15.1. The SMILES string of the molecule is COC(=O)N[C@@H](CC1(C)CCCC1)C(=O)NC1(C(O)C(=O)Nc2ccn(C)n2)CC(F)C1. The summed E-state index contributed by atoms with van der Waals surface area (Å²) in [4.78, 5) is 37.6. The number of aromatic nitrogens is 2. The van der Waals surface area contributed by atoms with E-state index in [1.165, 1.54) is 11.8 Å². The van der Waals surface area contributed by atoms with Crippen molar-refractivity contribution in [1.82, 2.24) is 20.4 Å². The van der Waals surface area contributed by atoms with E-state index in [4.69, 9.17) is 0 Å². The quantitative estimate of drug-likeness (QED) is 0.470. The molecular formula is C21H32FN5O5. The van der Waals surface area contributed by atoms with Crippen molar-refractivity contribution >= 4 is 23.7 Å². The second-order valence-electron chi connectivity index (χ2n) is 9.33. The average Bonchev–Trinajstić information content (AvgIpc) is 3.33. The molecule has 1 heterocycles. The maximum Gasteiger partial charge on any atom is 0.407 e. The summed E-state index contributed by atoms with van der Waals surface area (Å²) in [7, 11) is 2.88. The van der Waals surface area contributed by atoms with E-state index in [2.05, 4.69) is 32.7 Å². The number of hydrogen-bond donors (Lipinski definition) is 4. The Morgan fingerprint density at radius 1 is 1.31 bits per heavy atom. The van der Waals surface area contributed by atoms with Crippen molar-refractivity contribution in [2.24, 2.45) is 12.5 Å². The number of anilines is 1. The van der Waals surface area contributed by atoms with E-state index in [1.807, 2.05) is 0 Å². The molecule has 2 aliphatic rings. The molecule has 0 radical (unpaired) electrons. The van der Waals surface area contributed by atoms with Crippen molar-refractivity contribution in [2.75, 3.05) is 12.4 Å². The Balaban J connectivity index is 1.73. The molecule has 3 amide bonds. The van der Waals surface area contributed by atoms with Gasteiger partial charge in [0.2, 0.25) is 5.91 Å². The van der Waals surface area contributed by atoms with Gasteiger partial charge in [0, 0.05) is 32.2 Å². The van der Waals surface area contributed by atoms with E-state index in [9.17, 15) is 23.9 Å². The number of carbonyl (C=O) groups is 3. The van der Waals surface area contributed by atoms with Crippen LogP contribution in [0.2, 0.25) is 0 Å². The summed E-state index contributed by atoms with van der Waals surface area (Å²) in [5.74, 6) is -1.15. The van der Waals surface area contributed by atoms with Crippen molar-refractivity contribution in [3.05, 3.63) is 12.3 Å². The summed E-state index contributed by atoms with van der Waals surface area (Å²) in [6.07, 6.45) is 1.80. The van der Waals surface area contributed by atoms with E-state index in [0.29, 0.717) is 6.42 Å². The lowest BCUT2D eigenvalue weighted by atomic mass is 9.70. The van der Waals surface area contributed by atoms with Crippen LogP contribution in [0.5, 0.6) is 0 Å². The van der Waals surface area contributed by atoms with Gasteiger partial charge in [0.1, 0.15) is 12.2 Å². The van der Waals surface area contributed by atoms with Crippen LogP contribution in [0.4, 0.5) is 15.0 Å². The fourth-order valence-corrected chi connectivity index (χ4v) is 4.72. The third-order valence-corrected chi connectivity index (χ3v) is 6.58. The molecule has 1 aromatic heterocycles. The molecule has 2 aliphatic carbocycles. The van der Waals surface area contributed by atoms with E-state index in [1.54, 1.807) is 19.3 Å². The van der Waals surface area contributed by atoms with Crippen LogP contribution < -0.4 is 16.0 Å². The molecule has 4 N–H and O–H groups in total. The molecule has 1 aromatic rings. The predicted octanol–water partition coefficient (Wildman–Crippen LogP) is 1.40. The Labute approximate surface area is 186 Å². The molecule has 0 spiro atoms. The first-order valence-corrected chi connectivity index (χ1v) is 10.8. The van der Waals surface area contributed by atoms with Crippen LogP contribution in [0.25, 0.3) is 0 Å². The third kappa shape index (κ3) is 5.37. The third-order valence-electron chi connectivity index (χ3n) is 6.58. The van der Waals surface area contributed by atoms with Gasteiger partial charge in [-0.2, -0.15) is 5.10 Å². The smallest absolute Gasteiger partial charge is 0.407 e. The number of rotatable bonds is 8. The molecule has 1 unspecified atom stereocenters. The van der Waals surface area contributed by atoms with Crippen LogP contribution in [0.15, 0.2) is 12.3 Å². The number of nitrogens with zero attached hydrogens (tertiary/aromatic N) is 2. The van der Waals surface area contributed by atoms with Crippen molar-refractivity contribution in [3.63, 3.8) is 0 Å². The highest BCUT2D eigenvalue weighted by atomic mass is 19.1. The molecule has 3 rings (SSSR count). The second-order valence-corrected chi connectivity index (χ2v) is 9.33. The Morgan fingerprint density at radius 2 is 1.97 bits per heavy atom. The molecule has 0 aliphatic heterocycles. The monoisotopic (exact) mass is 453 g/mol. The highest BCUT2D eigenvalue weighted by Gasteiger charge is 2.54. The van der Waals surface area contributed by atoms with Gasteiger partial charge < -0.3 is 25.8 Å². The molecule has 0 bridgehead atoms. The number of amides is 3. The van der Waals surface area contributed by atoms with E-state index >= 15 is 0 Å². The number of methoxy groups -OCH3 is 1. The highest BCUT2D eigenvalue weighted by molar-refractivity contribution is 5.95. The average molecular weight is 454 g/mol. The Morgan fingerprint density at radius 3 is 2.50 bits per heavy atom. The number of hydrogen-bond acceptors (Lipinski definition) is 6. The number of carbonyl (C=O) groups excluding carboxylic acids is 3. The van der Waals surface area contributed by atoms with Gasteiger partial charge in [0.25, 0.3) is 5.91 Å². The number of alkyl halides is 1. The van der Waals surface area contributed by atoms with Crippen molar-refractivity contribution < 1.29 is 28.6 Å². The number of aliphatic hydroxyl groups excluding tert-OH is 1. The summed E-state index contributed by atoms with van der Waals surface area (Å²) in [6, 6.07) is 0.611. The number of halogens is 1. The van der Waals surface area contributed by atoms with E-state index < -0.39 is 41.8 Å². The summed E-state index contributed by atoms with van der Waals surface area (Å²) in [5, 5.41) is 22.4. The number of ether oxygens (including phenoxy) is 1. The van der Waals surface area contributed by atoms with Crippen LogP contribution in [0, 0.1) is 5.41 Å². The van der Waals surface area contributed by atoms with Crippen LogP contribution in [-0.4, -0.2) is 63.8 Å². The summed E-state index contributed by atoms with van der Waals surface area (Å²) < 4.78 is 20.0. The van der Waals surface area contributed by atoms with Gasteiger partial charge in [0.05, 0.1) is 12.6 Å². The summed E-state index contributed by atoms with van der Waals surface area (Å²) in [5.41, 5.74) is -1.60. The molecule has 0 aromatic carbocycles. The zero-order chi connectivity index (χ0) is 23.5. The first kappa shape index (κ1) is 24.0. The molecular weight excluding hydrogens is 421 g/mol. The Bertz CT molecular complexity index is 847. The Hall–Kier alpha value is -2.69. The normalized spacial score (nSPS) is 25.8. The highest BCUT2D eigenvalue weighted by Crippen LogP contribution is 2.42. The van der Waals surface area contributed by atoms with Crippen LogP contribution >= 0.6 is 0 Å². The molecule has 32 heavy (non-hydrogen) atoms. The lowest BCUT2D eigenvalue weighted by Crippen LogP contribution is -2.69. The second kappa shape index (κ2) is 9.43. The fourth-order valence-electron chi connectivity index (χ4n) is 4.72. The number of aliphatic hydroxyl groups is 1. The van der Waals surface area contributed by atoms with Gasteiger partial charge >= 0.3 is 6.09 Å². The van der Waals surface area contributed by atoms with Gasteiger partial charge in [0.15, 0.2) is 11.9 Å². The van der Waals surface area contributed by atoms with Crippen molar-refractivity contribution in [3.8, 4) is 0 Å².